The molecular formula is C36H23NSe. The van der Waals surface area contributed by atoms with Gasteiger partial charge in [0, 0.05) is 0 Å². The number of fused-ring (bicyclic) bond motifs is 8. The van der Waals surface area contributed by atoms with Gasteiger partial charge in [0.1, 0.15) is 0 Å². The predicted molar refractivity (Wildman–Crippen MR) is 166 cm³/mol. The summed E-state index contributed by atoms with van der Waals surface area (Å²) in [5, 5.41) is 10.6. The van der Waals surface area contributed by atoms with Crippen LogP contribution >= 0.6 is 0 Å². The number of benzene rings is 7. The molecule has 8 rings (SSSR count). The second-order valence-electron chi connectivity index (χ2n) is 9.81. The molecule has 0 bridgehead atoms. The van der Waals surface area contributed by atoms with Crippen LogP contribution in [0.5, 0.6) is 0 Å². The number of hydrogen-bond acceptors (Lipinski definition) is 1. The van der Waals surface area contributed by atoms with Crippen LogP contribution in [0.25, 0.3) is 51.6 Å². The van der Waals surface area contributed by atoms with Crippen LogP contribution in [0.15, 0.2) is 140 Å². The topological polar surface area (TPSA) is 3.24 Å². The summed E-state index contributed by atoms with van der Waals surface area (Å²) in [6.07, 6.45) is 0. The van der Waals surface area contributed by atoms with Gasteiger partial charge >= 0.3 is 222 Å². The molecule has 1 nitrogen and oxygen atoms in total. The Morgan fingerprint density at radius 2 is 0.974 bits per heavy atom. The summed E-state index contributed by atoms with van der Waals surface area (Å²) in [4.78, 5) is 2.39. The van der Waals surface area contributed by atoms with Crippen molar-refractivity contribution in [1.29, 1.82) is 0 Å². The van der Waals surface area contributed by atoms with Gasteiger partial charge in [-0.05, 0) is 0 Å². The molecule has 7 aromatic carbocycles. The second-order valence-corrected chi connectivity index (χ2v) is 12.0. The van der Waals surface area contributed by atoms with Crippen molar-refractivity contribution in [3.8, 4) is 0 Å². The molecule has 0 spiro atoms. The molecule has 1 aromatic heterocycles. The van der Waals surface area contributed by atoms with Crippen LogP contribution in [-0.4, -0.2) is 14.5 Å². The van der Waals surface area contributed by atoms with E-state index < -0.39 is 0 Å². The summed E-state index contributed by atoms with van der Waals surface area (Å²) in [5.74, 6) is 0. The first-order valence-electron chi connectivity index (χ1n) is 12.9. The average molecular weight is 549 g/mol. The Bertz CT molecular complexity index is 2140. The van der Waals surface area contributed by atoms with E-state index in [2.05, 4.69) is 144 Å². The first-order chi connectivity index (χ1) is 18.8. The van der Waals surface area contributed by atoms with Crippen LogP contribution in [0.1, 0.15) is 0 Å². The normalized spacial score (nSPS) is 11.7. The second kappa shape index (κ2) is 8.60. The molecule has 2 heteroatoms. The third-order valence-corrected chi connectivity index (χ3v) is 10.2. The van der Waals surface area contributed by atoms with Crippen LogP contribution in [0, 0.1) is 0 Å². The quantitative estimate of drug-likeness (QED) is 0.157. The molecule has 0 aliphatic rings. The fourth-order valence-electron chi connectivity index (χ4n) is 5.80. The Labute approximate surface area is 226 Å². The molecule has 1 heterocycles. The summed E-state index contributed by atoms with van der Waals surface area (Å²) < 4.78 is 2.97. The number of nitrogens with zero attached hydrogens (tertiary/aromatic N) is 1. The van der Waals surface area contributed by atoms with E-state index in [1.54, 1.807) is 0 Å². The molecule has 0 N–H and O–H groups in total. The standard InChI is InChI=1S/C36H23NSe/c1-2-10-27(11-3-1)37(28-17-20-31-26(22-28)15-14-24-8-4-6-12-30(24)31)29-18-21-35-34(23-29)33-19-16-25-9-5-7-13-32(25)36(33)38-35/h1-23H. The summed E-state index contributed by atoms with van der Waals surface area (Å²) in [7, 11) is 0. The Kier molecular flexibility index (Phi) is 4.91. The minimum atomic E-state index is 0.311. The summed E-state index contributed by atoms with van der Waals surface area (Å²) >= 11 is 0.311. The van der Waals surface area contributed by atoms with Crippen LogP contribution in [0.4, 0.5) is 17.1 Å². The minimum absolute atomic E-state index is 0.311. The molecule has 8 aromatic rings. The van der Waals surface area contributed by atoms with Gasteiger partial charge in [-0.2, -0.15) is 0 Å². The first kappa shape index (κ1) is 21.7. The van der Waals surface area contributed by atoms with Crippen LogP contribution in [0.3, 0.4) is 0 Å². The molecule has 0 aliphatic carbocycles. The van der Waals surface area contributed by atoms with Gasteiger partial charge in [0.25, 0.3) is 0 Å². The van der Waals surface area contributed by atoms with Crippen molar-refractivity contribution in [2.45, 2.75) is 0 Å². The molecule has 0 amide bonds. The molecule has 0 fully saturated rings. The average Bonchev–Trinajstić information content (AvgIpc) is 3.36. The molecule has 178 valence electrons. The van der Waals surface area contributed by atoms with Gasteiger partial charge in [0.05, 0.1) is 0 Å². The molecule has 0 atom stereocenters. The van der Waals surface area contributed by atoms with Gasteiger partial charge in [-0.3, -0.25) is 0 Å². The Morgan fingerprint density at radius 3 is 1.84 bits per heavy atom. The zero-order chi connectivity index (χ0) is 25.1. The fourth-order valence-corrected chi connectivity index (χ4v) is 8.35. The van der Waals surface area contributed by atoms with E-state index in [-0.39, 0.29) is 0 Å². The zero-order valence-electron chi connectivity index (χ0n) is 20.6. The molecule has 0 saturated heterocycles. The Hall–Kier alpha value is -4.36. The van der Waals surface area contributed by atoms with E-state index in [1.807, 2.05) is 0 Å². The van der Waals surface area contributed by atoms with Gasteiger partial charge in [-0.15, -0.1) is 0 Å². The third-order valence-electron chi connectivity index (χ3n) is 7.60. The van der Waals surface area contributed by atoms with Crippen molar-refractivity contribution in [3.63, 3.8) is 0 Å². The summed E-state index contributed by atoms with van der Waals surface area (Å²) in [6, 6.07) is 51.1. The number of hydrogen-bond donors (Lipinski definition) is 0. The van der Waals surface area contributed by atoms with E-state index in [4.69, 9.17) is 0 Å². The SMILES string of the molecule is c1ccc(N(c2ccc3c(ccc4ccccc43)c2)c2ccc3[se]c4c5ccccc5ccc4c3c2)cc1. The van der Waals surface area contributed by atoms with E-state index in [1.165, 1.54) is 63.0 Å². The Balaban J connectivity index is 1.35. The van der Waals surface area contributed by atoms with Gasteiger partial charge in [0.2, 0.25) is 0 Å². The van der Waals surface area contributed by atoms with Crippen molar-refractivity contribution in [2.24, 2.45) is 0 Å². The fraction of sp³-hybridized carbons (Fsp3) is 0. The molecule has 0 saturated carbocycles. The monoisotopic (exact) mass is 549 g/mol. The van der Waals surface area contributed by atoms with Crippen molar-refractivity contribution >= 4 is 83.2 Å². The van der Waals surface area contributed by atoms with E-state index in [9.17, 15) is 0 Å². The van der Waals surface area contributed by atoms with Crippen LogP contribution in [0.2, 0.25) is 0 Å². The van der Waals surface area contributed by atoms with Crippen LogP contribution in [-0.2, 0) is 0 Å². The molecule has 0 aliphatic heterocycles. The molecule has 0 radical (unpaired) electrons. The van der Waals surface area contributed by atoms with Gasteiger partial charge in [-0.25, -0.2) is 0 Å². The van der Waals surface area contributed by atoms with Crippen molar-refractivity contribution in [2.75, 3.05) is 4.90 Å². The number of rotatable bonds is 3. The van der Waals surface area contributed by atoms with E-state index in [0.29, 0.717) is 14.5 Å². The molecule has 0 unspecified atom stereocenters. The maximum absolute atomic E-state index is 2.40. The Morgan fingerprint density at radius 1 is 0.368 bits per heavy atom. The van der Waals surface area contributed by atoms with Crippen molar-refractivity contribution in [3.05, 3.63) is 140 Å². The third kappa shape index (κ3) is 3.39. The van der Waals surface area contributed by atoms with Gasteiger partial charge in [-0.1, -0.05) is 6.07 Å². The molecular weight excluding hydrogens is 525 g/mol. The first-order valence-corrected chi connectivity index (χ1v) is 14.7. The maximum atomic E-state index is 2.40. The van der Waals surface area contributed by atoms with E-state index in [0.717, 1.165) is 5.69 Å². The summed E-state index contributed by atoms with van der Waals surface area (Å²) in [5.41, 5.74) is 3.52. The van der Waals surface area contributed by atoms with Gasteiger partial charge in [0.15, 0.2) is 0 Å². The number of anilines is 3. The van der Waals surface area contributed by atoms with E-state index >= 15 is 0 Å². The molecule has 38 heavy (non-hydrogen) atoms. The van der Waals surface area contributed by atoms with Crippen molar-refractivity contribution in [1.82, 2.24) is 0 Å². The van der Waals surface area contributed by atoms with Crippen molar-refractivity contribution < 1.29 is 0 Å². The van der Waals surface area contributed by atoms with Gasteiger partial charge < -0.3 is 0 Å². The predicted octanol–water partition coefficient (Wildman–Crippen LogP) is 9.98. The zero-order valence-corrected chi connectivity index (χ0v) is 22.3. The van der Waals surface area contributed by atoms with Crippen LogP contribution < -0.4 is 4.90 Å². The number of para-hydroxylation sites is 1. The summed E-state index contributed by atoms with van der Waals surface area (Å²) in [6.45, 7) is 0.